The van der Waals surface area contributed by atoms with Crippen molar-refractivity contribution in [2.24, 2.45) is 0 Å². The lowest BCUT2D eigenvalue weighted by Gasteiger charge is -2.18. The summed E-state index contributed by atoms with van der Waals surface area (Å²) in [5, 5.41) is 0.935. The van der Waals surface area contributed by atoms with Crippen LogP contribution in [-0.2, 0) is 16.0 Å². The fourth-order valence-corrected chi connectivity index (χ4v) is 3.21. The predicted octanol–water partition coefficient (Wildman–Crippen LogP) is 4.00. The Kier molecular flexibility index (Phi) is 9.79. The van der Waals surface area contributed by atoms with E-state index in [-0.39, 0.29) is 42.0 Å². The van der Waals surface area contributed by atoms with E-state index in [0.717, 1.165) is 30.6 Å². The van der Waals surface area contributed by atoms with Gasteiger partial charge in [-0.25, -0.2) is 9.59 Å². The topological polar surface area (TPSA) is 69.0 Å². The third-order valence-corrected chi connectivity index (χ3v) is 4.94. The molecular weight excluding hydrogens is 405 g/mol. The highest BCUT2D eigenvalue weighted by Gasteiger charge is 2.17. The van der Waals surface area contributed by atoms with Crippen LogP contribution in [-0.4, -0.2) is 43.7 Å². The molecule has 0 aliphatic rings. The van der Waals surface area contributed by atoms with Gasteiger partial charge in [0.2, 0.25) is 0 Å². The summed E-state index contributed by atoms with van der Waals surface area (Å²) in [7, 11) is 0. The minimum Gasteiger partial charge on any atom is -0.480 e. The Morgan fingerprint density at radius 3 is 2.50 bits per heavy atom. The number of carbonyl (C=O) groups excluding carboxylic acids is 1. The largest absolute Gasteiger partial charge is 0.480 e. The molecule has 1 heterocycles. The van der Waals surface area contributed by atoms with Crippen molar-refractivity contribution in [1.29, 1.82) is 0 Å². The molecule has 0 fully saturated rings. The molecule has 0 saturated heterocycles. The van der Waals surface area contributed by atoms with Gasteiger partial charge in [-0.2, -0.15) is 0 Å². The van der Waals surface area contributed by atoms with Crippen LogP contribution in [0.1, 0.15) is 31.9 Å². The Hall–Kier alpha value is -1.76. The number of nitrogens with zero attached hydrogens (tertiary/aromatic N) is 1. The first-order valence-corrected chi connectivity index (χ1v) is 9.56. The monoisotopic (exact) mass is 431 g/mol. The zero-order valence-electron chi connectivity index (χ0n) is 16.7. The molecule has 2 rings (SSSR count). The molecule has 0 aliphatic heterocycles. The molecule has 0 amide bonds. The van der Waals surface area contributed by atoms with Gasteiger partial charge in [0.1, 0.15) is 10.8 Å². The van der Waals surface area contributed by atoms with Crippen LogP contribution < -0.4 is 10.4 Å². The Morgan fingerprint density at radius 1 is 1.21 bits per heavy atom. The molecule has 0 N–H and O–H groups in total. The van der Waals surface area contributed by atoms with Gasteiger partial charge >= 0.3 is 11.6 Å². The normalized spacial score (nSPS) is 10.8. The number of halogens is 2. The van der Waals surface area contributed by atoms with E-state index in [9.17, 15) is 9.59 Å². The third-order valence-electron chi connectivity index (χ3n) is 4.58. The summed E-state index contributed by atoms with van der Waals surface area (Å²) in [5.74, 6) is -0.214. The van der Waals surface area contributed by atoms with Gasteiger partial charge in [-0.05, 0) is 51.1 Å². The number of fused-ring (bicyclic) bond motifs is 1. The first kappa shape index (κ1) is 24.3. The van der Waals surface area contributed by atoms with Crippen molar-refractivity contribution < 1.29 is 18.7 Å². The molecule has 156 valence electrons. The molecule has 1 aromatic heterocycles. The highest BCUT2D eigenvalue weighted by molar-refractivity contribution is 6.36. The van der Waals surface area contributed by atoms with Crippen LogP contribution in [0.5, 0.6) is 5.75 Å². The van der Waals surface area contributed by atoms with Crippen LogP contribution in [0.15, 0.2) is 21.3 Å². The first-order valence-electron chi connectivity index (χ1n) is 9.18. The molecule has 0 aliphatic carbocycles. The SMILES string of the molecule is CCOC(=O)COc1ccc2c(C)c(CCN(CC)CC)c(=O)oc2c1Cl.Cl. The third kappa shape index (κ3) is 5.63. The number of hydrogen-bond acceptors (Lipinski definition) is 6. The summed E-state index contributed by atoms with van der Waals surface area (Å²) in [5.41, 5.74) is 1.39. The van der Waals surface area contributed by atoms with E-state index in [1.807, 2.05) is 6.92 Å². The lowest BCUT2D eigenvalue weighted by molar-refractivity contribution is -0.145. The summed E-state index contributed by atoms with van der Waals surface area (Å²) in [6, 6.07) is 3.46. The van der Waals surface area contributed by atoms with Crippen molar-refractivity contribution in [3.63, 3.8) is 0 Å². The van der Waals surface area contributed by atoms with Crippen molar-refractivity contribution in [1.82, 2.24) is 4.90 Å². The van der Waals surface area contributed by atoms with Crippen molar-refractivity contribution in [3.8, 4) is 5.75 Å². The minimum atomic E-state index is -0.488. The molecule has 0 spiro atoms. The summed E-state index contributed by atoms with van der Waals surface area (Å²) in [4.78, 5) is 26.2. The number of ether oxygens (including phenoxy) is 2. The zero-order valence-corrected chi connectivity index (χ0v) is 18.2. The second-order valence-electron chi connectivity index (χ2n) is 6.12. The fourth-order valence-electron chi connectivity index (χ4n) is 2.95. The number of esters is 1. The average Bonchev–Trinajstić information content (AvgIpc) is 2.65. The second kappa shape index (κ2) is 11.3. The van der Waals surface area contributed by atoms with Crippen LogP contribution in [0.4, 0.5) is 0 Å². The number of hydrogen-bond donors (Lipinski definition) is 0. The molecule has 0 bridgehead atoms. The Balaban J connectivity index is 0.00000392. The van der Waals surface area contributed by atoms with E-state index in [0.29, 0.717) is 12.0 Å². The van der Waals surface area contributed by atoms with Gasteiger partial charge in [0.25, 0.3) is 0 Å². The lowest BCUT2D eigenvalue weighted by atomic mass is 10.0. The van der Waals surface area contributed by atoms with Crippen molar-refractivity contribution in [2.45, 2.75) is 34.1 Å². The van der Waals surface area contributed by atoms with Gasteiger partial charge in [0.15, 0.2) is 12.2 Å². The van der Waals surface area contributed by atoms with E-state index < -0.39 is 11.6 Å². The van der Waals surface area contributed by atoms with Gasteiger partial charge in [-0.15, -0.1) is 12.4 Å². The Bertz CT molecular complexity index is 862. The van der Waals surface area contributed by atoms with Crippen LogP contribution >= 0.6 is 24.0 Å². The maximum atomic E-state index is 12.5. The van der Waals surface area contributed by atoms with E-state index in [1.54, 1.807) is 19.1 Å². The summed E-state index contributed by atoms with van der Waals surface area (Å²) < 4.78 is 15.7. The Morgan fingerprint density at radius 2 is 1.89 bits per heavy atom. The van der Waals surface area contributed by atoms with Gasteiger partial charge in [0, 0.05) is 17.5 Å². The van der Waals surface area contributed by atoms with E-state index in [4.69, 9.17) is 25.5 Å². The molecule has 6 nitrogen and oxygen atoms in total. The standard InChI is InChI=1S/C20H26ClNO5.ClH/c1-5-22(6-2)11-10-15-13(4)14-8-9-16(26-12-17(23)25-7-3)18(21)19(14)27-20(15)24;/h8-9H,5-7,10-12H2,1-4H3;1H. The number of benzene rings is 1. The molecule has 0 saturated carbocycles. The smallest absolute Gasteiger partial charge is 0.344 e. The van der Waals surface area contributed by atoms with Crippen molar-refractivity contribution in [2.75, 3.05) is 32.8 Å². The van der Waals surface area contributed by atoms with Crippen molar-refractivity contribution in [3.05, 3.63) is 38.7 Å². The number of rotatable bonds is 9. The molecular formula is C20H27Cl2NO5. The van der Waals surface area contributed by atoms with E-state index in [2.05, 4.69) is 18.7 Å². The average molecular weight is 432 g/mol. The fraction of sp³-hybridized carbons (Fsp3) is 0.500. The predicted molar refractivity (Wildman–Crippen MR) is 113 cm³/mol. The van der Waals surface area contributed by atoms with Gasteiger partial charge in [-0.1, -0.05) is 25.4 Å². The first-order chi connectivity index (χ1) is 12.9. The number of carbonyl (C=O) groups is 1. The Labute approximate surface area is 176 Å². The summed E-state index contributed by atoms with van der Waals surface area (Å²) in [6.07, 6.45) is 0.616. The minimum absolute atomic E-state index is 0. The van der Waals surface area contributed by atoms with Crippen LogP contribution in [0.25, 0.3) is 11.0 Å². The maximum absolute atomic E-state index is 12.5. The zero-order chi connectivity index (χ0) is 20.0. The molecule has 0 atom stereocenters. The molecule has 1 aromatic carbocycles. The van der Waals surface area contributed by atoms with Crippen LogP contribution in [0.3, 0.4) is 0 Å². The highest BCUT2D eigenvalue weighted by Crippen LogP contribution is 2.34. The van der Waals surface area contributed by atoms with Gasteiger partial charge in [-0.3, -0.25) is 0 Å². The van der Waals surface area contributed by atoms with Crippen LogP contribution in [0.2, 0.25) is 5.02 Å². The highest BCUT2D eigenvalue weighted by atomic mass is 35.5. The van der Waals surface area contributed by atoms with Crippen LogP contribution in [0, 0.1) is 6.92 Å². The molecule has 28 heavy (non-hydrogen) atoms. The molecule has 2 aromatic rings. The van der Waals surface area contributed by atoms with E-state index in [1.165, 1.54) is 0 Å². The van der Waals surface area contributed by atoms with Gasteiger partial charge in [0.05, 0.1) is 6.61 Å². The quantitative estimate of drug-likeness (QED) is 0.441. The summed E-state index contributed by atoms with van der Waals surface area (Å²) in [6.45, 7) is 10.5. The van der Waals surface area contributed by atoms with E-state index >= 15 is 0 Å². The maximum Gasteiger partial charge on any atom is 0.344 e. The lowest BCUT2D eigenvalue weighted by Crippen LogP contribution is -2.27. The van der Waals surface area contributed by atoms with Gasteiger partial charge < -0.3 is 18.8 Å². The summed E-state index contributed by atoms with van der Waals surface area (Å²) >= 11 is 6.35. The number of aryl methyl sites for hydroxylation is 1. The van der Waals surface area contributed by atoms with Crippen molar-refractivity contribution >= 4 is 40.9 Å². The molecule has 0 unspecified atom stereocenters. The molecule has 0 radical (unpaired) electrons. The second-order valence-corrected chi connectivity index (χ2v) is 6.50. The number of likely N-dealkylation sites (N-methyl/N-ethyl adjacent to an activating group) is 1. The molecule has 8 heteroatoms.